The third kappa shape index (κ3) is 5.12. The summed E-state index contributed by atoms with van der Waals surface area (Å²) in [5, 5.41) is 2.68. The van der Waals surface area contributed by atoms with Gasteiger partial charge in [-0.2, -0.15) is 0 Å². The summed E-state index contributed by atoms with van der Waals surface area (Å²) in [6.45, 7) is 1.28. The third-order valence-corrected chi connectivity index (χ3v) is 3.57. The standard InChI is InChI=1S/C15H17F3N2O4/c1-23-13(21)8-12-14(22)19-6-7-20(12)9-10-2-4-11(5-3-10)24-15(16,17)18/h2-5,12H,6-9H2,1H3,(H,19,22)/t12-/m1/s1. The number of carbonyl (C=O) groups excluding carboxylic acids is 2. The number of nitrogens with one attached hydrogen (secondary N) is 1. The van der Waals surface area contributed by atoms with E-state index in [0.717, 1.165) is 0 Å². The first-order valence-corrected chi connectivity index (χ1v) is 7.22. The minimum absolute atomic E-state index is 0.0857. The highest BCUT2D eigenvalue weighted by Gasteiger charge is 2.32. The first-order chi connectivity index (χ1) is 11.3. The second kappa shape index (κ2) is 7.52. The van der Waals surface area contributed by atoms with Gasteiger partial charge in [0.05, 0.1) is 13.5 Å². The molecule has 0 bridgehead atoms. The lowest BCUT2D eigenvalue weighted by atomic mass is 10.1. The molecule has 1 aliphatic rings. The second-order valence-corrected chi connectivity index (χ2v) is 5.25. The zero-order valence-electron chi connectivity index (χ0n) is 12.9. The minimum atomic E-state index is -4.74. The molecule has 2 rings (SSSR count). The molecule has 1 amide bonds. The van der Waals surface area contributed by atoms with E-state index in [9.17, 15) is 22.8 Å². The van der Waals surface area contributed by atoms with Crippen molar-refractivity contribution in [3.05, 3.63) is 29.8 Å². The first kappa shape index (κ1) is 18.1. The fraction of sp³-hybridized carbons (Fsp3) is 0.467. The Hall–Kier alpha value is -2.29. The molecule has 1 aliphatic heterocycles. The van der Waals surface area contributed by atoms with Crippen LogP contribution in [-0.4, -0.2) is 49.4 Å². The number of piperazine rings is 1. The van der Waals surface area contributed by atoms with Crippen molar-refractivity contribution in [1.29, 1.82) is 0 Å². The summed E-state index contributed by atoms with van der Waals surface area (Å²) >= 11 is 0. The molecule has 6 nitrogen and oxygen atoms in total. The van der Waals surface area contributed by atoms with Crippen LogP contribution in [-0.2, 0) is 20.9 Å². The van der Waals surface area contributed by atoms with Gasteiger partial charge in [0.25, 0.3) is 0 Å². The van der Waals surface area contributed by atoms with Crippen LogP contribution in [0.3, 0.4) is 0 Å². The Labute approximate surface area is 136 Å². The molecule has 9 heteroatoms. The van der Waals surface area contributed by atoms with E-state index in [0.29, 0.717) is 25.2 Å². The topological polar surface area (TPSA) is 67.9 Å². The van der Waals surface area contributed by atoms with Crippen LogP contribution in [0.2, 0.25) is 0 Å². The Balaban J connectivity index is 2.04. The molecule has 1 N–H and O–H groups in total. The van der Waals surface area contributed by atoms with Crippen molar-refractivity contribution < 1.29 is 32.2 Å². The lowest BCUT2D eigenvalue weighted by Gasteiger charge is -2.34. The molecular formula is C15H17F3N2O4. The monoisotopic (exact) mass is 346 g/mol. The van der Waals surface area contributed by atoms with E-state index in [2.05, 4.69) is 14.8 Å². The molecule has 1 aromatic rings. The first-order valence-electron chi connectivity index (χ1n) is 7.22. The van der Waals surface area contributed by atoms with E-state index in [1.54, 1.807) is 4.90 Å². The Morgan fingerprint density at radius 1 is 1.33 bits per heavy atom. The van der Waals surface area contributed by atoms with Crippen LogP contribution in [0.1, 0.15) is 12.0 Å². The summed E-state index contributed by atoms with van der Waals surface area (Å²) < 4.78 is 44.8. The number of hydrogen-bond acceptors (Lipinski definition) is 5. The second-order valence-electron chi connectivity index (χ2n) is 5.25. The normalized spacial score (nSPS) is 18.8. The van der Waals surface area contributed by atoms with Gasteiger partial charge >= 0.3 is 12.3 Å². The lowest BCUT2D eigenvalue weighted by molar-refractivity contribution is -0.274. The van der Waals surface area contributed by atoms with Crippen LogP contribution >= 0.6 is 0 Å². The van der Waals surface area contributed by atoms with E-state index in [1.165, 1.54) is 31.4 Å². The van der Waals surface area contributed by atoms with Gasteiger partial charge in [0, 0.05) is 19.6 Å². The molecule has 132 valence electrons. The average Bonchev–Trinajstić information content (AvgIpc) is 2.51. The number of ether oxygens (including phenoxy) is 2. The van der Waals surface area contributed by atoms with Crippen molar-refractivity contribution in [1.82, 2.24) is 10.2 Å². The van der Waals surface area contributed by atoms with Crippen molar-refractivity contribution in [3.63, 3.8) is 0 Å². The number of amides is 1. The Kier molecular flexibility index (Phi) is 5.66. The van der Waals surface area contributed by atoms with Crippen LogP contribution in [0.4, 0.5) is 13.2 Å². The van der Waals surface area contributed by atoms with Gasteiger partial charge in [-0.15, -0.1) is 13.2 Å². The summed E-state index contributed by atoms with van der Waals surface area (Å²) in [4.78, 5) is 25.2. The average molecular weight is 346 g/mol. The van der Waals surface area contributed by atoms with Crippen molar-refractivity contribution >= 4 is 11.9 Å². The van der Waals surface area contributed by atoms with Crippen LogP contribution in [0.25, 0.3) is 0 Å². The maximum atomic E-state index is 12.1. The fourth-order valence-electron chi connectivity index (χ4n) is 2.45. The molecule has 1 fully saturated rings. The molecule has 1 heterocycles. The largest absolute Gasteiger partial charge is 0.573 e. The van der Waals surface area contributed by atoms with Crippen LogP contribution in [0.5, 0.6) is 5.75 Å². The summed E-state index contributed by atoms with van der Waals surface area (Å²) in [6.07, 6.45) is -4.82. The van der Waals surface area contributed by atoms with E-state index >= 15 is 0 Å². The molecule has 0 saturated carbocycles. The van der Waals surface area contributed by atoms with Crippen molar-refractivity contribution in [3.8, 4) is 5.75 Å². The molecule has 0 unspecified atom stereocenters. The van der Waals surface area contributed by atoms with Gasteiger partial charge in [0.2, 0.25) is 5.91 Å². The summed E-state index contributed by atoms with van der Waals surface area (Å²) in [7, 11) is 1.24. The molecule has 24 heavy (non-hydrogen) atoms. The molecule has 0 radical (unpaired) electrons. The van der Waals surface area contributed by atoms with Crippen molar-refractivity contribution in [2.24, 2.45) is 0 Å². The number of rotatable bonds is 5. The molecule has 0 spiro atoms. The number of esters is 1. The zero-order valence-corrected chi connectivity index (χ0v) is 12.9. The smallest absolute Gasteiger partial charge is 0.469 e. The Bertz CT molecular complexity index is 589. The molecular weight excluding hydrogens is 329 g/mol. The van der Waals surface area contributed by atoms with E-state index in [1.807, 2.05) is 0 Å². The zero-order chi connectivity index (χ0) is 17.7. The Morgan fingerprint density at radius 2 is 2.00 bits per heavy atom. The van der Waals surface area contributed by atoms with Gasteiger partial charge < -0.3 is 14.8 Å². The number of hydrogen-bond donors (Lipinski definition) is 1. The van der Waals surface area contributed by atoms with Gasteiger partial charge in [0.15, 0.2) is 0 Å². The summed E-state index contributed by atoms with van der Waals surface area (Å²) in [6, 6.07) is 4.73. The lowest BCUT2D eigenvalue weighted by Crippen LogP contribution is -2.55. The number of methoxy groups -OCH3 is 1. The predicted molar refractivity (Wildman–Crippen MR) is 77.0 cm³/mol. The van der Waals surface area contributed by atoms with Gasteiger partial charge in [0.1, 0.15) is 11.8 Å². The molecule has 0 aromatic heterocycles. The molecule has 0 aliphatic carbocycles. The molecule has 1 aromatic carbocycles. The number of halogens is 3. The third-order valence-electron chi connectivity index (χ3n) is 3.57. The maximum Gasteiger partial charge on any atom is 0.573 e. The van der Waals surface area contributed by atoms with Gasteiger partial charge in [-0.3, -0.25) is 14.5 Å². The van der Waals surface area contributed by atoms with Crippen molar-refractivity contribution in [2.75, 3.05) is 20.2 Å². The molecule has 1 saturated heterocycles. The van der Waals surface area contributed by atoms with Crippen LogP contribution in [0.15, 0.2) is 24.3 Å². The highest BCUT2D eigenvalue weighted by molar-refractivity contribution is 5.87. The number of nitrogens with zero attached hydrogens (tertiary/aromatic N) is 1. The maximum absolute atomic E-state index is 12.1. The highest BCUT2D eigenvalue weighted by atomic mass is 19.4. The number of benzene rings is 1. The van der Waals surface area contributed by atoms with E-state index < -0.39 is 18.4 Å². The number of carbonyl (C=O) groups is 2. The predicted octanol–water partition coefficient (Wildman–Crippen LogP) is 1.45. The van der Waals surface area contributed by atoms with Gasteiger partial charge in [-0.25, -0.2) is 0 Å². The molecule has 1 atom stereocenters. The van der Waals surface area contributed by atoms with E-state index in [-0.39, 0.29) is 18.1 Å². The quantitative estimate of drug-likeness (QED) is 0.818. The fourth-order valence-corrected chi connectivity index (χ4v) is 2.45. The summed E-state index contributed by atoms with van der Waals surface area (Å²) in [5.41, 5.74) is 0.703. The summed E-state index contributed by atoms with van der Waals surface area (Å²) in [5.74, 6) is -1.09. The highest BCUT2D eigenvalue weighted by Crippen LogP contribution is 2.23. The Morgan fingerprint density at radius 3 is 2.58 bits per heavy atom. The van der Waals surface area contributed by atoms with Gasteiger partial charge in [-0.05, 0) is 17.7 Å². The van der Waals surface area contributed by atoms with Crippen LogP contribution < -0.4 is 10.1 Å². The van der Waals surface area contributed by atoms with Gasteiger partial charge in [-0.1, -0.05) is 12.1 Å². The minimum Gasteiger partial charge on any atom is -0.469 e. The van der Waals surface area contributed by atoms with Crippen LogP contribution in [0, 0.1) is 0 Å². The SMILES string of the molecule is COC(=O)C[C@@H]1C(=O)NCCN1Cc1ccc(OC(F)(F)F)cc1. The number of alkyl halides is 3. The van der Waals surface area contributed by atoms with E-state index in [4.69, 9.17) is 0 Å². The van der Waals surface area contributed by atoms with Crippen molar-refractivity contribution in [2.45, 2.75) is 25.4 Å².